The zero-order chi connectivity index (χ0) is 22.4. The molecule has 7 nitrogen and oxygen atoms in total. The summed E-state index contributed by atoms with van der Waals surface area (Å²) < 4.78 is 21.7. The predicted octanol–water partition coefficient (Wildman–Crippen LogP) is 4.28. The maximum absolute atomic E-state index is 14.0. The van der Waals surface area contributed by atoms with Crippen molar-refractivity contribution < 1.29 is 8.81 Å². The molecule has 5 rings (SSSR count). The van der Waals surface area contributed by atoms with Gasteiger partial charge in [-0.05, 0) is 30.3 Å². The number of hydrogen-bond acceptors (Lipinski definition) is 5. The Balaban J connectivity index is 1.89. The van der Waals surface area contributed by atoms with E-state index in [1.54, 1.807) is 24.3 Å². The standard InChI is InChI=1S/C23H12ClFN4O3/c24-17-4-2-1-3-15(17)20-10-18-21(32-20)22(30)29(23(31)28(18)8-7-26)19-12-27-11-13-5-6-14(25)9-16(13)19/h1-6,9-12H,8H2. The van der Waals surface area contributed by atoms with E-state index in [9.17, 15) is 19.2 Å². The summed E-state index contributed by atoms with van der Waals surface area (Å²) in [7, 11) is 0. The van der Waals surface area contributed by atoms with Crippen LogP contribution in [0.25, 0.3) is 38.9 Å². The third-order valence-electron chi connectivity index (χ3n) is 5.13. The molecule has 0 bridgehead atoms. The van der Waals surface area contributed by atoms with Crippen molar-refractivity contribution in [2.24, 2.45) is 0 Å². The second kappa shape index (κ2) is 7.48. The lowest BCUT2D eigenvalue weighted by molar-refractivity contribution is 0.613. The number of halogens is 2. The SMILES string of the molecule is N#CCn1c(=O)n(-c2cncc3ccc(F)cc23)c(=O)c2oc(-c3ccccc3Cl)cc21. The summed E-state index contributed by atoms with van der Waals surface area (Å²) in [6.45, 7) is -0.330. The summed E-state index contributed by atoms with van der Waals surface area (Å²) in [4.78, 5) is 30.8. The fraction of sp³-hybridized carbons (Fsp3) is 0.0435. The average Bonchev–Trinajstić information content (AvgIpc) is 3.23. The Morgan fingerprint density at radius 3 is 2.72 bits per heavy atom. The number of hydrogen-bond donors (Lipinski definition) is 0. The van der Waals surface area contributed by atoms with Gasteiger partial charge in [0.1, 0.15) is 18.1 Å². The van der Waals surface area contributed by atoms with Gasteiger partial charge < -0.3 is 4.42 Å². The maximum atomic E-state index is 14.0. The van der Waals surface area contributed by atoms with Crippen molar-refractivity contribution >= 4 is 33.5 Å². The molecule has 0 saturated carbocycles. The van der Waals surface area contributed by atoms with Crippen LogP contribution in [0.3, 0.4) is 0 Å². The van der Waals surface area contributed by atoms with Crippen LogP contribution in [-0.2, 0) is 6.54 Å². The molecule has 5 aromatic rings. The summed E-state index contributed by atoms with van der Waals surface area (Å²) in [5.74, 6) is -0.260. The van der Waals surface area contributed by atoms with Crippen LogP contribution in [0.1, 0.15) is 0 Å². The van der Waals surface area contributed by atoms with Crippen LogP contribution in [0.5, 0.6) is 0 Å². The van der Waals surface area contributed by atoms with Gasteiger partial charge in [-0.2, -0.15) is 5.26 Å². The molecule has 0 spiro atoms. The highest BCUT2D eigenvalue weighted by atomic mass is 35.5. The monoisotopic (exact) mass is 446 g/mol. The van der Waals surface area contributed by atoms with Crippen LogP contribution < -0.4 is 11.2 Å². The fourth-order valence-electron chi connectivity index (χ4n) is 3.68. The minimum Gasteiger partial charge on any atom is -0.449 e. The van der Waals surface area contributed by atoms with E-state index in [-0.39, 0.29) is 29.1 Å². The lowest BCUT2D eigenvalue weighted by Crippen LogP contribution is -2.38. The Hall–Kier alpha value is -4.22. The van der Waals surface area contributed by atoms with Gasteiger partial charge >= 0.3 is 11.2 Å². The van der Waals surface area contributed by atoms with Gasteiger partial charge in [0.2, 0.25) is 5.58 Å². The van der Waals surface area contributed by atoms with Crippen molar-refractivity contribution in [1.82, 2.24) is 14.1 Å². The summed E-state index contributed by atoms with van der Waals surface area (Å²) in [6.07, 6.45) is 2.79. The third-order valence-corrected chi connectivity index (χ3v) is 5.46. The number of pyridine rings is 1. The highest BCUT2D eigenvalue weighted by Gasteiger charge is 2.21. The van der Waals surface area contributed by atoms with E-state index in [0.717, 1.165) is 9.13 Å². The van der Waals surface area contributed by atoms with Crippen LogP contribution in [-0.4, -0.2) is 14.1 Å². The van der Waals surface area contributed by atoms with E-state index in [0.29, 0.717) is 21.4 Å². The quantitative estimate of drug-likeness (QED) is 0.412. The molecule has 156 valence electrons. The van der Waals surface area contributed by atoms with Crippen molar-refractivity contribution in [3.63, 3.8) is 0 Å². The van der Waals surface area contributed by atoms with Crippen LogP contribution in [0, 0.1) is 17.1 Å². The molecule has 0 fully saturated rings. The molecule has 9 heteroatoms. The normalized spacial score (nSPS) is 11.2. The third kappa shape index (κ3) is 2.99. The van der Waals surface area contributed by atoms with Crippen LogP contribution in [0.4, 0.5) is 4.39 Å². The highest BCUT2D eigenvalue weighted by molar-refractivity contribution is 6.33. The van der Waals surface area contributed by atoms with Gasteiger partial charge in [-0.3, -0.25) is 14.3 Å². The van der Waals surface area contributed by atoms with Gasteiger partial charge in [0.15, 0.2) is 0 Å². The topological polar surface area (TPSA) is 93.8 Å². The van der Waals surface area contributed by atoms with Gasteiger partial charge in [0.05, 0.1) is 28.5 Å². The molecule has 0 atom stereocenters. The van der Waals surface area contributed by atoms with Crippen molar-refractivity contribution in [2.45, 2.75) is 6.54 Å². The lowest BCUT2D eigenvalue weighted by atomic mass is 10.1. The molecule has 0 aliphatic carbocycles. The van der Waals surface area contributed by atoms with E-state index >= 15 is 0 Å². The first-order valence-corrected chi connectivity index (χ1v) is 9.82. The van der Waals surface area contributed by atoms with Crippen LogP contribution in [0.2, 0.25) is 5.02 Å². The smallest absolute Gasteiger partial charge is 0.337 e. The Morgan fingerprint density at radius 2 is 1.94 bits per heavy atom. The van der Waals surface area contributed by atoms with E-state index < -0.39 is 17.1 Å². The maximum Gasteiger partial charge on any atom is 0.337 e. The summed E-state index contributed by atoms with van der Waals surface area (Å²) in [5.41, 5.74) is -0.886. The van der Waals surface area contributed by atoms with Crippen molar-refractivity contribution in [2.75, 3.05) is 0 Å². The van der Waals surface area contributed by atoms with Crippen LogP contribution >= 0.6 is 11.6 Å². The number of nitriles is 1. The molecule has 0 aliphatic heterocycles. The lowest BCUT2D eigenvalue weighted by Gasteiger charge is -2.11. The van der Waals surface area contributed by atoms with Crippen LogP contribution in [0.15, 0.2) is 74.9 Å². The van der Waals surface area contributed by atoms with E-state index in [1.165, 1.54) is 36.7 Å². The number of rotatable bonds is 3. The molecule has 0 unspecified atom stereocenters. The van der Waals surface area contributed by atoms with Gasteiger partial charge in [-0.15, -0.1) is 0 Å². The molecular formula is C23H12ClFN4O3. The molecule has 0 aliphatic rings. The van der Waals surface area contributed by atoms with E-state index in [4.69, 9.17) is 16.0 Å². The second-order valence-corrected chi connectivity index (χ2v) is 7.40. The van der Waals surface area contributed by atoms with E-state index in [2.05, 4.69) is 4.98 Å². The Morgan fingerprint density at radius 1 is 1.12 bits per heavy atom. The first-order chi connectivity index (χ1) is 15.5. The van der Waals surface area contributed by atoms with Gasteiger partial charge in [0.25, 0.3) is 0 Å². The number of nitrogens with zero attached hydrogens (tertiary/aromatic N) is 4. The predicted molar refractivity (Wildman–Crippen MR) is 117 cm³/mol. The molecule has 3 heterocycles. The second-order valence-electron chi connectivity index (χ2n) is 7.00. The molecule has 32 heavy (non-hydrogen) atoms. The first kappa shape index (κ1) is 19.7. The van der Waals surface area contributed by atoms with E-state index in [1.807, 2.05) is 6.07 Å². The molecule has 0 saturated heterocycles. The zero-order valence-electron chi connectivity index (χ0n) is 16.3. The summed E-state index contributed by atoms with van der Waals surface area (Å²) >= 11 is 6.26. The number of benzene rings is 2. The molecule has 2 aromatic carbocycles. The van der Waals surface area contributed by atoms with Crippen molar-refractivity contribution in [3.05, 3.63) is 92.6 Å². The summed E-state index contributed by atoms with van der Waals surface area (Å²) in [5, 5.41) is 10.6. The largest absolute Gasteiger partial charge is 0.449 e. The average molecular weight is 447 g/mol. The summed E-state index contributed by atoms with van der Waals surface area (Å²) in [6, 6.07) is 14.3. The molecular weight excluding hydrogens is 435 g/mol. The minimum absolute atomic E-state index is 0.0845. The molecule has 0 amide bonds. The van der Waals surface area contributed by atoms with Gasteiger partial charge in [-0.1, -0.05) is 23.7 Å². The van der Waals surface area contributed by atoms with Gasteiger partial charge in [0, 0.05) is 28.6 Å². The molecule has 0 radical (unpaired) electrons. The number of aromatic nitrogens is 3. The van der Waals surface area contributed by atoms with Crippen molar-refractivity contribution in [3.8, 4) is 23.1 Å². The Kier molecular flexibility index (Phi) is 4.61. The van der Waals surface area contributed by atoms with Gasteiger partial charge in [-0.25, -0.2) is 13.8 Å². The Bertz CT molecular complexity index is 1690. The molecule has 3 aromatic heterocycles. The Labute approximate surface area is 184 Å². The number of fused-ring (bicyclic) bond motifs is 2. The minimum atomic E-state index is -0.769. The molecule has 0 N–H and O–H groups in total. The highest BCUT2D eigenvalue weighted by Crippen LogP contribution is 2.31. The zero-order valence-corrected chi connectivity index (χ0v) is 17.0. The fourth-order valence-corrected chi connectivity index (χ4v) is 3.90. The first-order valence-electron chi connectivity index (χ1n) is 9.44. The number of furan rings is 1. The van der Waals surface area contributed by atoms with Crippen molar-refractivity contribution in [1.29, 1.82) is 5.26 Å².